The van der Waals surface area contributed by atoms with Crippen molar-refractivity contribution < 1.29 is 4.79 Å². The van der Waals surface area contributed by atoms with Gasteiger partial charge in [-0.05, 0) is 6.92 Å². The van der Waals surface area contributed by atoms with E-state index in [9.17, 15) is 4.79 Å². The number of imidazole rings is 1. The van der Waals surface area contributed by atoms with Gasteiger partial charge in [0.1, 0.15) is 5.82 Å². The number of thiazole rings is 1. The van der Waals surface area contributed by atoms with E-state index in [0.717, 1.165) is 42.8 Å². The molecule has 130 valence electrons. The maximum Gasteiger partial charge on any atom is 0.225 e. The van der Waals surface area contributed by atoms with Crippen molar-refractivity contribution >= 4 is 22.4 Å². The quantitative estimate of drug-likeness (QED) is 0.885. The van der Waals surface area contributed by atoms with Gasteiger partial charge in [0.2, 0.25) is 5.91 Å². The third-order valence-electron chi connectivity index (χ3n) is 4.34. The first-order valence-corrected chi connectivity index (χ1v) is 9.12. The molecule has 2 aromatic heterocycles. The van der Waals surface area contributed by atoms with Gasteiger partial charge in [-0.25, -0.2) is 9.97 Å². The van der Waals surface area contributed by atoms with Crippen LogP contribution in [0.15, 0.2) is 17.8 Å². The molecule has 24 heavy (non-hydrogen) atoms. The van der Waals surface area contributed by atoms with E-state index in [2.05, 4.69) is 30.1 Å². The fourth-order valence-electron chi connectivity index (χ4n) is 3.08. The smallest absolute Gasteiger partial charge is 0.225 e. The van der Waals surface area contributed by atoms with Crippen molar-refractivity contribution in [2.75, 3.05) is 31.1 Å². The number of nitrogens with one attached hydrogen (secondary N) is 1. The Morgan fingerprint density at radius 3 is 3.04 bits per heavy atom. The van der Waals surface area contributed by atoms with E-state index in [1.54, 1.807) is 11.8 Å². The molecule has 1 fully saturated rings. The summed E-state index contributed by atoms with van der Waals surface area (Å²) >= 11 is 1.53. The molecule has 7 nitrogen and oxygen atoms in total. The molecule has 3 heterocycles. The van der Waals surface area contributed by atoms with Crippen LogP contribution in [-0.4, -0.2) is 51.5 Å². The molecule has 0 aromatic carbocycles. The first kappa shape index (κ1) is 17.1. The number of hydrogen-bond donors (Lipinski definition) is 1. The lowest BCUT2D eigenvalue weighted by molar-refractivity contribution is -0.116. The summed E-state index contributed by atoms with van der Waals surface area (Å²) in [6.45, 7) is 7.77. The lowest BCUT2D eigenvalue weighted by Gasteiger charge is -2.35. The fraction of sp³-hybridized carbons (Fsp3) is 0.562. The number of aromatic nitrogens is 3. The fourth-order valence-corrected chi connectivity index (χ4v) is 4.01. The van der Waals surface area contributed by atoms with Gasteiger partial charge < -0.3 is 9.88 Å². The Morgan fingerprint density at radius 1 is 1.54 bits per heavy atom. The molecule has 0 bridgehead atoms. The highest BCUT2D eigenvalue weighted by Crippen LogP contribution is 2.26. The van der Waals surface area contributed by atoms with Gasteiger partial charge in [0, 0.05) is 64.5 Å². The summed E-state index contributed by atoms with van der Waals surface area (Å²) in [6, 6.07) is 0.235. The third kappa shape index (κ3) is 3.50. The van der Waals surface area contributed by atoms with Gasteiger partial charge in [0.05, 0.1) is 11.7 Å². The molecule has 1 aliphatic rings. The monoisotopic (exact) mass is 348 g/mol. The van der Waals surface area contributed by atoms with Crippen molar-refractivity contribution in [2.24, 2.45) is 7.05 Å². The van der Waals surface area contributed by atoms with Crippen molar-refractivity contribution in [3.8, 4) is 0 Å². The topological polar surface area (TPSA) is 66.3 Å². The second-order valence-corrected chi connectivity index (χ2v) is 6.81. The second-order valence-electron chi connectivity index (χ2n) is 5.97. The molecule has 1 aliphatic heterocycles. The summed E-state index contributed by atoms with van der Waals surface area (Å²) in [4.78, 5) is 25.0. The molecule has 1 atom stereocenters. The summed E-state index contributed by atoms with van der Waals surface area (Å²) in [5, 5.41) is 6.28. The van der Waals surface area contributed by atoms with E-state index in [-0.39, 0.29) is 11.9 Å². The van der Waals surface area contributed by atoms with Crippen molar-refractivity contribution in [3.63, 3.8) is 0 Å². The van der Waals surface area contributed by atoms with Crippen molar-refractivity contribution in [1.29, 1.82) is 0 Å². The first-order valence-electron chi connectivity index (χ1n) is 8.24. The number of amides is 1. The van der Waals surface area contributed by atoms with Crippen molar-refractivity contribution in [2.45, 2.75) is 26.4 Å². The number of nitrogens with zero attached hydrogens (tertiary/aromatic N) is 5. The second kappa shape index (κ2) is 7.42. The van der Waals surface area contributed by atoms with Crippen LogP contribution in [0.3, 0.4) is 0 Å². The molecule has 2 aromatic rings. The van der Waals surface area contributed by atoms with Gasteiger partial charge in [0.25, 0.3) is 0 Å². The summed E-state index contributed by atoms with van der Waals surface area (Å²) in [5.41, 5.74) is 1.01. The van der Waals surface area contributed by atoms with Gasteiger partial charge in [-0.1, -0.05) is 0 Å². The Hall–Kier alpha value is -1.77. The highest BCUT2D eigenvalue weighted by atomic mass is 32.1. The standard InChI is InChI=1S/C16H24N6OS/c1-4-22(12(2)23)16-19-13(11-24-16)10-21-8-5-17-9-14(21)15-18-6-7-20(15)3/h6-7,11,14,17H,4-5,8-10H2,1-3H3. The van der Waals surface area contributed by atoms with Crippen LogP contribution in [0.25, 0.3) is 0 Å². The summed E-state index contributed by atoms with van der Waals surface area (Å²) in [5.74, 6) is 1.10. The SMILES string of the molecule is CCN(C(C)=O)c1nc(CN2CCNCC2c2nccn2C)cs1. The Bertz CT molecular complexity index is 696. The van der Waals surface area contributed by atoms with Crippen LogP contribution < -0.4 is 10.2 Å². The molecule has 1 unspecified atom stereocenters. The van der Waals surface area contributed by atoms with Gasteiger partial charge in [-0.3, -0.25) is 14.6 Å². The predicted octanol–water partition coefficient (Wildman–Crippen LogP) is 1.40. The molecule has 8 heteroatoms. The minimum absolute atomic E-state index is 0.0338. The molecule has 0 aliphatic carbocycles. The lowest BCUT2D eigenvalue weighted by Crippen LogP contribution is -2.46. The number of hydrogen-bond acceptors (Lipinski definition) is 6. The lowest BCUT2D eigenvalue weighted by atomic mass is 10.1. The number of anilines is 1. The average molecular weight is 348 g/mol. The van der Waals surface area contributed by atoms with Gasteiger partial charge >= 0.3 is 0 Å². The van der Waals surface area contributed by atoms with Crippen LogP contribution in [0.5, 0.6) is 0 Å². The predicted molar refractivity (Wildman–Crippen MR) is 95.0 cm³/mol. The Morgan fingerprint density at radius 2 is 2.38 bits per heavy atom. The minimum Gasteiger partial charge on any atom is -0.337 e. The van der Waals surface area contributed by atoms with Crippen molar-refractivity contribution in [3.05, 3.63) is 29.3 Å². The van der Waals surface area contributed by atoms with Crippen molar-refractivity contribution in [1.82, 2.24) is 24.8 Å². The molecule has 1 saturated heterocycles. The maximum atomic E-state index is 11.7. The number of aryl methyl sites for hydroxylation is 1. The number of carbonyl (C=O) groups excluding carboxylic acids is 1. The van der Waals surface area contributed by atoms with Crippen LogP contribution in [0.2, 0.25) is 0 Å². The van der Waals surface area contributed by atoms with Crippen LogP contribution in [0.4, 0.5) is 5.13 Å². The van der Waals surface area contributed by atoms with E-state index in [1.165, 1.54) is 11.3 Å². The zero-order valence-electron chi connectivity index (χ0n) is 14.4. The van der Waals surface area contributed by atoms with Crippen LogP contribution >= 0.6 is 11.3 Å². The Kier molecular flexibility index (Phi) is 5.27. The van der Waals surface area contributed by atoms with E-state index in [1.807, 2.05) is 26.4 Å². The average Bonchev–Trinajstić information content (AvgIpc) is 3.18. The molecule has 0 spiro atoms. The van der Waals surface area contributed by atoms with Gasteiger partial charge in [-0.2, -0.15) is 0 Å². The third-order valence-corrected chi connectivity index (χ3v) is 5.26. The van der Waals surface area contributed by atoms with E-state index in [0.29, 0.717) is 6.54 Å². The van der Waals surface area contributed by atoms with Gasteiger partial charge in [-0.15, -0.1) is 11.3 Å². The molecule has 1 N–H and O–H groups in total. The molecule has 0 radical (unpaired) electrons. The maximum absolute atomic E-state index is 11.7. The largest absolute Gasteiger partial charge is 0.337 e. The zero-order chi connectivity index (χ0) is 17.1. The number of piperazine rings is 1. The zero-order valence-corrected chi connectivity index (χ0v) is 15.2. The Balaban J connectivity index is 1.75. The minimum atomic E-state index is 0.0338. The molecular weight excluding hydrogens is 324 g/mol. The highest BCUT2D eigenvalue weighted by molar-refractivity contribution is 7.14. The van der Waals surface area contributed by atoms with Crippen LogP contribution in [-0.2, 0) is 18.4 Å². The Labute approximate surface area is 146 Å². The number of carbonyl (C=O) groups is 1. The molecule has 3 rings (SSSR count). The number of rotatable bonds is 5. The van der Waals surface area contributed by atoms with E-state index >= 15 is 0 Å². The molecule has 0 saturated carbocycles. The molecule has 1 amide bonds. The van der Waals surface area contributed by atoms with E-state index in [4.69, 9.17) is 0 Å². The van der Waals surface area contributed by atoms with E-state index < -0.39 is 0 Å². The van der Waals surface area contributed by atoms with Gasteiger partial charge in [0.15, 0.2) is 5.13 Å². The van der Waals surface area contributed by atoms with Crippen LogP contribution in [0.1, 0.15) is 31.4 Å². The highest BCUT2D eigenvalue weighted by Gasteiger charge is 2.27. The summed E-state index contributed by atoms with van der Waals surface area (Å²) in [7, 11) is 2.03. The normalized spacial score (nSPS) is 18.7. The molecular formula is C16H24N6OS. The summed E-state index contributed by atoms with van der Waals surface area (Å²) in [6.07, 6.45) is 3.82. The first-order chi connectivity index (χ1) is 11.6. The van der Waals surface area contributed by atoms with Crippen LogP contribution in [0, 0.1) is 0 Å². The summed E-state index contributed by atoms with van der Waals surface area (Å²) < 4.78 is 2.08.